The van der Waals surface area contributed by atoms with Gasteiger partial charge < -0.3 is 0 Å². The second kappa shape index (κ2) is 5.23. The monoisotopic (exact) mass is 400 g/mol. The van der Waals surface area contributed by atoms with Gasteiger partial charge in [-0.05, 0) is 34.7 Å². The van der Waals surface area contributed by atoms with Gasteiger partial charge in [-0.25, -0.2) is 4.98 Å². The molecule has 0 unspecified atom stereocenters. The largest absolute Gasteiger partial charge is 0.264 e. The Bertz CT molecular complexity index is 774. The van der Waals surface area contributed by atoms with Gasteiger partial charge in [-0.15, -0.1) is 0 Å². The Kier molecular flexibility index (Phi) is 3.60. The van der Waals surface area contributed by atoms with E-state index in [0.29, 0.717) is 10.2 Å². The highest BCUT2D eigenvalue weighted by Gasteiger charge is 2.14. The summed E-state index contributed by atoms with van der Waals surface area (Å²) < 4.78 is 0.998. The number of hydrogen-bond acceptors (Lipinski definition) is 2. The van der Waals surface area contributed by atoms with Gasteiger partial charge in [0.05, 0.1) is 5.69 Å². The summed E-state index contributed by atoms with van der Waals surface area (Å²) in [7, 11) is 0. The predicted molar refractivity (Wildman–Crippen MR) is 87.7 cm³/mol. The van der Waals surface area contributed by atoms with Crippen molar-refractivity contribution in [3.05, 3.63) is 56.5 Å². The van der Waals surface area contributed by atoms with Crippen molar-refractivity contribution < 1.29 is 0 Å². The van der Waals surface area contributed by atoms with Crippen LogP contribution in [0, 0.1) is 3.57 Å². The fourth-order valence-corrected chi connectivity index (χ4v) is 3.23. The minimum atomic E-state index is 0.465. The average molecular weight is 401 g/mol. The van der Waals surface area contributed by atoms with E-state index < -0.39 is 0 Å². The molecule has 0 atom stereocenters. The van der Waals surface area contributed by atoms with Crippen LogP contribution in [0.25, 0.3) is 22.0 Å². The minimum absolute atomic E-state index is 0.465. The highest BCUT2D eigenvalue weighted by molar-refractivity contribution is 14.1. The number of fused-ring (bicyclic) bond motifs is 1. The third-order valence-corrected chi connectivity index (χ3v) is 4.54. The molecular formula is C14H7Cl2IN2. The van der Waals surface area contributed by atoms with Gasteiger partial charge in [0, 0.05) is 37.3 Å². The summed E-state index contributed by atoms with van der Waals surface area (Å²) in [5, 5.41) is 3.01. The lowest BCUT2D eigenvalue weighted by Gasteiger charge is -2.10. The Balaban J connectivity index is 2.38. The fraction of sp³-hybridized carbons (Fsp3) is 0. The summed E-state index contributed by atoms with van der Waals surface area (Å²) in [4.78, 5) is 8.63. The van der Waals surface area contributed by atoms with Crippen molar-refractivity contribution in [1.29, 1.82) is 0 Å². The number of pyridine rings is 2. The topological polar surface area (TPSA) is 25.8 Å². The molecule has 2 nitrogen and oxygen atoms in total. The Hall–Kier alpha value is -0.910. The molecule has 0 aliphatic heterocycles. The summed E-state index contributed by atoms with van der Waals surface area (Å²) in [5.74, 6) is 0. The Morgan fingerprint density at radius 3 is 2.58 bits per heavy atom. The van der Waals surface area contributed by atoms with Crippen molar-refractivity contribution in [3.8, 4) is 11.3 Å². The molecule has 94 valence electrons. The first-order chi connectivity index (χ1) is 9.18. The smallest absolute Gasteiger partial charge is 0.137 e. The average Bonchev–Trinajstić information content (AvgIpc) is 2.44. The van der Waals surface area contributed by atoms with Gasteiger partial charge in [0.1, 0.15) is 5.15 Å². The van der Waals surface area contributed by atoms with Crippen LogP contribution >= 0.6 is 45.8 Å². The second-order valence-electron chi connectivity index (χ2n) is 3.97. The Morgan fingerprint density at radius 1 is 1.00 bits per heavy atom. The molecule has 0 radical (unpaired) electrons. The highest BCUT2D eigenvalue weighted by atomic mass is 127. The van der Waals surface area contributed by atoms with E-state index in [2.05, 4.69) is 32.6 Å². The molecule has 2 heterocycles. The number of rotatable bonds is 1. The molecule has 3 rings (SSSR count). The maximum atomic E-state index is 6.25. The van der Waals surface area contributed by atoms with Crippen molar-refractivity contribution in [1.82, 2.24) is 9.97 Å². The Morgan fingerprint density at radius 2 is 1.79 bits per heavy atom. The van der Waals surface area contributed by atoms with Crippen LogP contribution in [0.3, 0.4) is 0 Å². The van der Waals surface area contributed by atoms with E-state index in [4.69, 9.17) is 23.2 Å². The number of nitrogens with zero attached hydrogens (tertiary/aromatic N) is 2. The summed E-state index contributed by atoms with van der Waals surface area (Å²) in [6, 6.07) is 9.47. The van der Waals surface area contributed by atoms with Gasteiger partial charge in [0.15, 0.2) is 0 Å². The lowest BCUT2D eigenvalue weighted by Crippen LogP contribution is -1.93. The van der Waals surface area contributed by atoms with E-state index in [1.165, 1.54) is 0 Å². The third kappa shape index (κ3) is 2.30. The highest BCUT2D eigenvalue weighted by Crippen LogP contribution is 2.35. The molecule has 0 spiro atoms. The summed E-state index contributed by atoms with van der Waals surface area (Å²) in [6.45, 7) is 0. The van der Waals surface area contributed by atoms with Crippen LogP contribution in [0.1, 0.15) is 0 Å². The maximum Gasteiger partial charge on any atom is 0.137 e. The first-order valence-electron chi connectivity index (χ1n) is 5.52. The normalized spacial score (nSPS) is 10.9. The van der Waals surface area contributed by atoms with Gasteiger partial charge in [-0.1, -0.05) is 41.4 Å². The standard InChI is InChI=1S/C14H7Cl2IN2/c15-11-4-2-1-3-9(11)13-12(17)10-7-18-6-5-8(10)14(16)19-13/h1-7H. The predicted octanol–water partition coefficient (Wildman–Crippen LogP) is 5.21. The zero-order valence-electron chi connectivity index (χ0n) is 9.57. The molecule has 0 fully saturated rings. The molecule has 0 aliphatic rings. The van der Waals surface area contributed by atoms with E-state index in [9.17, 15) is 0 Å². The van der Waals surface area contributed by atoms with Crippen molar-refractivity contribution in [2.24, 2.45) is 0 Å². The third-order valence-electron chi connectivity index (χ3n) is 2.83. The molecule has 0 N–H and O–H groups in total. The second-order valence-corrected chi connectivity index (χ2v) is 5.81. The van der Waals surface area contributed by atoms with Crippen molar-refractivity contribution in [3.63, 3.8) is 0 Å². The minimum Gasteiger partial charge on any atom is -0.264 e. The van der Waals surface area contributed by atoms with Crippen LogP contribution in [0.15, 0.2) is 42.7 Å². The molecule has 0 saturated carbocycles. The van der Waals surface area contributed by atoms with Crippen LogP contribution in [0.5, 0.6) is 0 Å². The molecule has 3 aromatic rings. The molecule has 5 heteroatoms. The van der Waals surface area contributed by atoms with Gasteiger partial charge in [-0.3, -0.25) is 4.98 Å². The van der Waals surface area contributed by atoms with E-state index >= 15 is 0 Å². The summed E-state index contributed by atoms with van der Waals surface area (Å²) >= 11 is 14.7. The van der Waals surface area contributed by atoms with Crippen LogP contribution in [-0.2, 0) is 0 Å². The van der Waals surface area contributed by atoms with Crippen molar-refractivity contribution >= 4 is 56.6 Å². The van der Waals surface area contributed by atoms with E-state index in [0.717, 1.165) is 25.6 Å². The molecule has 1 aromatic carbocycles. The summed E-state index contributed by atoms with van der Waals surface area (Å²) in [5.41, 5.74) is 1.66. The number of halogens is 3. The first kappa shape index (κ1) is 13.1. The fourth-order valence-electron chi connectivity index (χ4n) is 1.92. The van der Waals surface area contributed by atoms with E-state index in [-0.39, 0.29) is 0 Å². The molecule has 2 aromatic heterocycles. The van der Waals surface area contributed by atoms with Gasteiger partial charge in [-0.2, -0.15) is 0 Å². The maximum absolute atomic E-state index is 6.25. The van der Waals surface area contributed by atoms with E-state index in [1.54, 1.807) is 12.4 Å². The Labute approximate surface area is 133 Å². The lowest BCUT2D eigenvalue weighted by atomic mass is 10.1. The first-order valence-corrected chi connectivity index (χ1v) is 7.35. The van der Waals surface area contributed by atoms with Gasteiger partial charge in [0.2, 0.25) is 0 Å². The lowest BCUT2D eigenvalue weighted by molar-refractivity contribution is 1.31. The van der Waals surface area contributed by atoms with Crippen LogP contribution in [0.2, 0.25) is 10.2 Å². The summed E-state index contributed by atoms with van der Waals surface area (Å²) in [6.07, 6.45) is 3.51. The zero-order chi connectivity index (χ0) is 13.4. The quantitative estimate of drug-likeness (QED) is 0.414. The van der Waals surface area contributed by atoms with Crippen LogP contribution < -0.4 is 0 Å². The van der Waals surface area contributed by atoms with Gasteiger partial charge >= 0.3 is 0 Å². The zero-order valence-corrected chi connectivity index (χ0v) is 13.2. The van der Waals surface area contributed by atoms with Crippen molar-refractivity contribution in [2.75, 3.05) is 0 Å². The van der Waals surface area contributed by atoms with Crippen LogP contribution in [0.4, 0.5) is 0 Å². The van der Waals surface area contributed by atoms with Gasteiger partial charge in [0.25, 0.3) is 0 Å². The molecule has 19 heavy (non-hydrogen) atoms. The van der Waals surface area contributed by atoms with E-state index in [1.807, 2.05) is 30.3 Å². The molecule has 0 amide bonds. The number of benzene rings is 1. The molecular weight excluding hydrogens is 394 g/mol. The molecule has 0 saturated heterocycles. The number of aromatic nitrogens is 2. The van der Waals surface area contributed by atoms with Crippen molar-refractivity contribution in [2.45, 2.75) is 0 Å². The molecule has 0 bridgehead atoms. The number of hydrogen-bond donors (Lipinski definition) is 0. The molecule has 0 aliphatic carbocycles. The van der Waals surface area contributed by atoms with Crippen LogP contribution in [-0.4, -0.2) is 9.97 Å². The SMILES string of the molecule is Clc1ccccc1-c1nc(Cl)c2ccncc2c1I.